The Morgan fingerprint density at radius 3 is 1.88 bits per heavy atom. The molecule has 4 N–H and O–H groups in total. The van der Waals surface area contributed by atoms with Crippen LogP contribution in [0.2, 0.25) is 0 Å². The Labute approximate surface area is 188 Å². The van der Waals surface area contributed by atoms with E-state index in [0.29, 0.717) is 30.0 Å². The molecule has 0 bridgehead atoms. The maximum Gasteiger partial charge on any atom is 0.248 e. The van der Waals surface area contributed by atoms with Crippen molar-refractivity contribution in [2.75, 3.05) is 13.1 Å². The molecule has 32 heavy (non-hydrogen) atoms. The summed E-state index contributed by atoms with van der Waals surface area (Å²) in [5, 5.41) is 21.5. The second-order valence-electron chi connectivity index (χ2n) is 7.94. The summed E-state index contributed by atoms with van der Waals surface area (Å²) in [7, 11) is 0. The van der Waals surface area contributed by atoms with Gasteiger partial charge in [0.1, 0.15) is 12.2 Å². The van der Waals surface area contributed by atoms with Gasteiger partial charge in [0.15, 0.2) is 0 Å². The fourth-order valence-electron chi connectivity index (χ4n) is 3.61. The van der Waals surface area contributed by atoms with Gasteiger partial charge in [-0.2, -0.15) is 0 Å². The van der Waals surface area contributed by atoms with E-state index in [1.54, 1.807) is 36.7 Å². The molecule has 0 radical (unpaired) electrons. The van der Waals surface area contributed by atoms with Crippen LogP contribution in [-0.4, -0.2) is 50.1 Å². The minimum absolute atomic E-state index is 0.0718. The van der Waals surface area contributed by atoms with Crippen molar-refractivity contribution in [2.45, 2.75) is 38.0 Å². The third-order valence-electron chi connectivity index (χ3n) is 5.59. The molecule has 3 rings (SSSR count). The topological polar surface area (TPSA) is 113 Å². The number of aryl methyl sites for hydroxylation is 1. The van der Waals surface area contributed by atoms with Crippen LogP contribution in [0, 0.1) is 0 Å². The molecule has 1 aromatic carbocycles. The molecule has 2 heterocycles. The van der Waals surface area contributed by atoms with Gasteiger partial charge in [-0.15, -0.1) is 0 Å². The Kier molecular flexibility index (Phi) is 8.44. The van der Waals surface area contributed by atoms with Gasteiger partial charge < -0.3 is 15.9 Å². The Bertz CT molecular complexity index is 920. The lowest BCUT2D eigenvalue weighted by Gasteiger charge is -2.32. The van der Waals surface area contributed by atoms with Gasteiger partial charge in [0.05, 0.1) is 11.4 Å². The molecule has 0 saturated carbocycles. The second-order valence-corrected chi connectivity index (χ2v) is 7.94. The molecular formula is C25H30N4O3. The van der Waals surface area contributed by atoms with Gasteiger partial charge in [0.2, 0.25) is 5.91 Å². The number of carbonyl (C=O) groups excluding carboxylic acids is 1. The van der Waals surface area contributed by atoms with Crippen molar-refractivity contribution in [2.24, 2.45) is 5.73 Å². The quantitative estimate of drug-likeness (QED) is 0.428. The van der Waals surface area contributed by atoms with E-state index in [-0.39, 0.29) is 6.04 Å². The Hall–Kier alpha value is -3.13. The first-order valence-electron chi connectivity index (χ1n) is 10.7. The summed E-state index contributed by atoms with van der Waals surface area (Å²) in [4.78, 5) is 21.8. The normalized spacial score (nSPS) is 14.1. The summed E-state index contributed by atoms with van der Waals surface area (Å²) >= 11 is 0. The van der Waals surface area contributed by atoms with Crippen molar-refractivity contribution in [3.8, 4) is 0 Å². The van der Waals surface area contributed by atoms with Gasteiger partial charge in [-0.1, -0.05) is 24.3 Å². The fraction of sp³-hybridized carbons (Fsp3) is 0.320. The van der Waals surface area contributed by atoms with E-state index in [0.717, 1.165) is 18.4 Å². The van der Waals surface area contributed by atoms with E-state index in [1.165, 1.54) is 0 Å². The zero-order valence-corrected chi connectivity index (χ0v) is 18.2. The van der Waals surface area contributed by atoms with Crippen LogP contribution >= 0.6 is 0 Å². The maximum absolute atomic E-state index is 11.3. The third kappa shape index (κ3) is 6.68. The summed E-state index contributed by atoms with van der Waals surface area (Å²) in [6, 6.07) is 18.2. The van der Waals surface area contributed by atoms with Crippen LogP contribution in [0.5, 0.6) is 0 Å². The van der Waals surface area contributed by atoms with Crippen LogP contribution in [0.25, 0.3) is 0 Å². The lowest BCUT2D eigenvalue weighted by molar-refractivity contribution is 0.0432. The van der Waals surface area contributed by atoms with Gasteiger partial charge in [-0.25, -0.2) is 0 Å². The molecule has 0 aliphatic carbocycles. The number of amides is 1. The number of hydrogen-bond donors (Lipinski definition) is 3. The average Bonchev–Trinajstić information content (AvgIpc) is 2.83. The summed E-state index contributed by atoms with van der Waals surface area (Å²) < 4.78 is 0. The molecule has 0 aliphatic heterocycles. The summed E-state index contributed by atoms with van der Waals surface area (Å²) in [5.74, 6) is -0.442. The minimum atomic E-state index is -0.774. The molecule has 3 atom stereocenters. The molecule has 0 saturated heterocycles. The van der Waals surface area contributed by atoms with Crippen LogP contribution in [-0.2, 0) is 6.42 Å². The predicted octanol–water partition coefficient (Wildman–Crippen LogP) is 2.67. The first-order chi connectivity index (χ1) is 15.4. The highest BCUT2D eigenvalue weighted by molar-refractivity contribution is 5.92. The Morgan fingerprint density at radius 2 is 1.44 bits per heavy atom. The van der Waals surface area contributed by atoms with Gasteiger partial charge in [-0.3, -0.25) is 19.7 Å². The molecule has 7 heteroatoms. The zero-order valence-electron chi connectivity index (χ0n) is 18.2. The smallest absolute Gasteiger partial charge is 0.248 e. The van der Waals surface area contributed by atoms with Crippen molar-refractivity contribution in [3.63, 3.8) is 0 Å². The molecule has 0 spiro atoms. The maximum atomic E-state index is 11.3. The Morgan fingerprint density at radius 1 is 0.906 bits per heavy atom. The largest absolute Gasteiger partial charge is 0.385 e. The molecule has 168 valence electrons. The number of primary amides is 1. The average molecular weight is 435 g/mol. The van der Waals surface area contributed by atoms with Crippen LogP contribution in [0.1, 0.15) is 52.9 Å². The number of aromatic nitrogens is 2. The van der Waals surface area contributed by atoms with Crippen molar-refractivity contribution >= 4 is 5.91 Å². The van der Waals surface area contributed by atoms with Crippen LogP contribution in [0.15, 0.2) is 73.1 Å². The van der Waals surface area contributed by atoms with Crippen LogP contribution in [0.4, 0.5) is 0 Å². The van der Waals surface area contributed by atoms with Crippen molar-refractivity contribution in [1.29, 1.82) is 0 Å². The third-order valence-corrected chi connectivity index (χ3v) is 5.59. The molecule has 7 nitrogen and oxygen atoms in total. The molecule has 1 amide bonds. The fourth-order valence-corrected chi connectivity index (χ4v) is 3.61. The SMILES string of the molecule is C[C@H](CCc1ccc(C(N)=O)cc1)N(CC(O)c1ccccn1)CC(O)c1ccccn1. The van der Waals surface area contributed by atoms with Gasteiger partial charge in [-0.05, 0) is 61.7 Å². The molecular weight excluding hydrogens is 404 g/mol. The summed E-state index contributed by atoms with van der Waals surface area (Å²) in [5.41, 5.74) is 8.09. The van der Waals surface area contributed by atoms with E-state index >= 15 is 0 Å². The van der Waals surface area contributed by atoms with Gasteiger partial charge >= 0.3 is 0 Å². The number of carbonyl (C=O) groups is 1. The van der Waals surface area contributed by atoms with E-state index in [4.69, 9.17) is 5.73 Å². The number of aliphatic hydroxyl groups is 2. The second kappa shape index (κ2) is 11.5. The number of hydrogen-bond acceptors (Lipinski definition) is 6. The van der Waals surface area contributed by atoms with Crippen molar-refractivity contribution in [3.05, 3.63) is 95.6 Å². The predicted molar refractivity (Wildman–Crippen MR) is 123 cm³/mol. The van der Waals surface area contributed by atoms with Gasteiger partial charge in [0, 0.05) is 37.1 Å². The highest BCUT2D eigenvalue weighted by Crippen LogP contribution is 2.20. The van der Waals surface area contributed by atoms with Crippen LogP contribution in [0.3, 0.4) is 0 Å². The number of nitrogens with two attached hydrogens (primary N) is 1. The van der Waals surface area contributed by atoms with E-state index in [2.05, 4.69) is 21.8 Å². The van der Waals surface area contributed by atoms with Crippen molar-refractivity contribution < 1.29 is 15.0 Å². The molecule has 2 unspecified atom stereocenters. The first-order valence-corrected chi connectivity index (χ1v) is 10.7. The number of nitrogens with zero attached hydrogens (tertiary/aromatic N) is 3. The number of aliphatic hydroxyl groups excluding tert-OH is 2. The first kappa shape index (κ1) is 23.5. The van der Waals surface area contributed by atoms with Gasteiger partial charge in [0.25, 0.3) is 0 Å². The van der Waals surface area contributed by atoms with E-state index < -0.39 is 18.1 Å². The highest BCUT2D eigenvalue weighted by Gasteiger charge is 2.23. The lowest BCUT2D eigenvalue weighted by Crippen LogP contribution is -2.40. The van der Waals surface area contributed by atoms with Crippen LogP contribution < -0.4 is 5.73 Å². The van der Waals surface area contributed by atoms with E-state index in [1.807, 2.05) is 36.4 Å². The summed E-state index contributed by atoms with van der Waals surface area (Å²) in [6.45, 7) is 2.75. The Balaban J connectivity index is 1.68. The molecule has 0 fully saturated rings. The minimum Gasteiger partial charge on any atom is -0.385 e. The number of pyridine rings is 2. The zero-order chi connectivity index (χ0) is 22.9. The van der Waals surface area contributed by atoms with Crippen molar-refractivity contribution in [1.82, 2.24) is 14.9 Å². The van der Waals surface area contributed by atoms with E-state index in [9.17, 15) is 15.0 Å². The molecule has 3 aromatic rings. The monoisotopic (exact) mass is 434 g/mol. The molecule has 2 aromatic heterocycles. The number of rotatable bonds is 11. The molecule has 0 aliphatic rings. The number of benzene rings is 1. The summed E-state index contributed by atoms with van der Waals surface area (Å²) in [6.07, 6.45) is 3.36. The highest BCUT2D eigenvalue weighted by atomic mass is 16.3. The lowest BCUT2D eigenvalue weighted by atomic mass is 10.0. The standard InChI is InChI=1S/C25H30N4O3/c1-18(8-9-19-10-12-20(13-11-19)25(26)32)29(16-23(30)21-6-2-4-14-27-21)17-24(31)22-7-3-5-15-28-22/h2-7,10-15,18,23-24,30-31H,8-9,16-17H2,1H3,(H2,26,32)/t18-,23?,24?/m1/s1.